The molecule has 7 heteroatoms. The number of anilines is 1. The Morgan fingerprint density at radius 3 is 2.69 bits per heavy atom. The number of aromatic nitrogens is 3. The number of fused-ring (bicyclic) bond motifs is 2. The lowest BCUT2D eigenvalue weighted by atomic mass is 9.99. The zero-order valence-corrected chi connectivity index (χ0v) is 16.5. The van der Waals surface area contributed by atoms with Crippen LogP contribution in [-0.2, 0) is 6.42 Å². The van der Waals surface area contributed by atoms with Crippen LogP contribution in [-0.4, -0.2) is 39.1 Å². The van der Waals surface area contributed by atoms with Gasteiger partial charge >= 0.3 is 0 Å². The van der Waals surface area contributed by atoms with Crippen molar-refractivity contribution in [3.8, 4) is 11.1 Å². The van der Waals surface area contributed by atoms with Gasteiger partial charge in [0.25, 0.3) is 5.91 Å². The van der Waals surface area contributed by atoms with Crippen LogP contribution in [0, 0.1) is 0 Å². The van der Waals surface area contributed by atoms with E-state index < -0.39 is 0 Å². The van der Waals surface area contributed by atoms with Gasteiger partial charge in [-0.1, -0.05) is 17.7 Å². The van der Waals surface area contributed by atoms with Crippen LogP contribution in [0.5, 0.6) is 0 Å². The molecule has 6 nitrogen and oxygen atoms in total. The highest BCUT2D eigenvalue weighted by Gasteiger charge is 2.28. The first-order valence-electron chi connectivity index (χ1n) is 9.34. The topological polar surface area (TPSA) is 53.7 Å². The first-order chi connectivity index (χ1) is 14.1. The van der Waals surface area contributed by atoms with Crippen LogP contribution >= 0.6 is 11.6 Å². The van der Waals surface area contributed by atoms with Crippen molar-refractivity contribution < 1.29 is 4.79 Å². The lowest BCUT2D eigenvalue weighted by Gasteiger charge is -2.38. The molecule has 0 spiro atoms. The molecule has 0 unspecified atom stereocenters. The fraction of sp³-hybridized carbons (Fsp3) is 0.136. The van der Waals surface area contributed by atoms with Gasteiger partial charge in [0.15, 0.2) is 5.69 Å². The van der Waals surface area contributed by atoms with E-state index in [-0.39, 0.29) is 5.91 Å². The van der Waals surface area contributed by atoms with Gasteiger partial charge in [0.05, 0.1) is 16.2 Å². The number of hydrogen-bond donors (Lipinski definition) is 0. The molecule has 0 fully saturated rings. The van der Waals surface area contributed by atoms with Crippen LogP contribution in [0.4, 0.5) is 5.69 Å². The quantitative estimate of drug-likeness (QED) is 0.505. The number of benzene rings is 1. The number of pyridine rings is 2. The molecule has 0 saturated carbocycles. The third-order valence-electron chi connectivity index (χ3n) is 5.27. The van der Waals surface area contributed by atoms with Gasteiger partial charge in [-0.2, -0.15) is 5.10 Å². The van der Waals surface area contributed by atoms with E-state index in [4.69, 9.17) is 11.6 Å². The van der Waals surface area contributed by atoms with Crippen LogP contribution in [0.25, 0.3) is 16.6 Å². The van der Waals surface area contributed by atoms with Crippen molar-refractivity contribution in [2.45, 2.75) is 6.42 Å². The van der Waals surface area contributed by atoms with Crippen LogP contribution in [0.2, 0.25) is 5.02 Å². The minimum Gasteiger partial charge on any atom is -0.285 e. The van der Waals surface area contributed by atoms with Crippen LogP contribution in [0.15, 0.2) is 67.1 Å². The second-order valence-corrected chi connectivity index (χ2v) is 7.46. The summed E-state index contributed by atoms with van der Waals surface area (Å²) in [5.74, 6) is -0.129. The molecule has 4 aromatic rings. The molecule has 0 radical (unpaired) electrons. The number of amides is 1. The molecular formula is C22H18ClN5O. The molecule has 5 rings (SSSR count). The van der Waals surface area contributed by atoms with Gasteiger partial charge < -0.3 is 0 Å². The molecule has 1 aliphatic rings. The van der Waals surface area contributed by atoms with Crippen molar-refractivity contribution in [3.05, 3.63) is 83.4 Å². The van der Waals surface area contributed by atoms with Crippen molar-refractivity contribution in [2.75, 3.05) is 18.6 Å². The number of rotatable bonds is 2. The summed E-state index contributed by atoms with van der Waals surface area (Å²) in [5, 5.41) is 8.62. The summed E-state index contributed by atoms with van der Waals surface area (Å²) in [5.41, 5.74) is 5.75. The van der Waals surface area contributed by atoms with Crippen molar-refractivity contribution in [1.29, 1.82) is 0 Å². The summed E-state index contributed by atoms with van der Waals surface area (Å²) < 4.78 is 1.63. The largest absolute Gasteiger partial charge is 0.292 e. The highest BCUT2D eigenvalue weighted by atomic mass is 35.5. The molecule has 0 aliphatic carbocycles. The van der Waals surface area contributed by atoms with Gasteiger partial charge in [0.2, 0.25) is 0 Å². The molecule has 0 bridgehead atoms. The Kier molecular flexibility index (Phi) is 4.21. The Morgan fingerprint density at radius 2 is 1.86 bits per heavy atom. The SMILES string of the molecule is CN1c2ccc(-c3ccncc3)cc2CCN1C(=O)c1cc2ccc(Cl)cn2n1. The normalized spacial score (nSPS) is 13.6. The Balaban J connectivity index is 1.44. The standard InChI is InChI=1S/C22H18ClN5O/c1-26-21-5-2-16(15-6-9-24-10-7-15)12-17(21)8-11-28(26)22(29)20-13-19-4-3-18(23)14-27(19)25-20/h2-7,9-10,12-14H,8,11H2,1H3. The van der Waals surface area contributed by atoms with E-state index in [0.29, 0.717) is 17.3 Å². The fourth-order valence-corrected chi connectivity index (χ4v) is 3.92. The van der Waals surface area contributed by atoms with Gasteiger partial charge in [-0.15, -0.1) is 0 Å². The number of carbonyl (C=O) groups is 1. The molecule has 0 atom stereocenters. The summed E-state index contributed by atoms with van der Waals surface area (Å²) >= 11 is 6.02. The molecule has 144 valence electrons. The Morgan fingerprint density at radius 1 is 1.03 bits per heavy atom. The van der Waals surface area contributed by atoms with Crippen LogP contribution < -0.4 is 5.01 Å². The summed E-state index contributed by atoms with van der Waals surface area (Å²) in [6, 6.07) is 15.8. The Labute approximate surface area is 172 Å². The van der Waals surface area contributed by atoms with Crippen molar-refractivity contribution in [3.63, 3.8) is 0 Å². The highest BCUT2D eigenvalue weighted by Crippen LogP contribution is 2.31. The number of hydrogen-bond acceptors (Lipinski definition) is 4. The molecule has 3 aromatic heterocycles. The number of hydrazine groups is 1. The molecule has 1 aromatic carbocycles. The highest BCUT2D eigenvalue weighted by molar-refractivity contribution is 6.30. The monoisotopic (exact) mass is 403 g/mol. The van der Waals surface area contributed by atoms with E-state index in [2.05, 4.69) is 28.3 Å². The van der Waals surface area contributed by atoms with E-state index in [1.54, 1.807) is 40.2 Å². The van der Waals surface area contributed by atoms with Crippen molar-refractivity contribution in [1.82, 2.24) is 19.6 Å². The van der Waals surface area contributed by atoms with Gasteiger partial charge in [-0.05, 0) is 65.6 Å². The smallest absolute Gasteiger partial charge is 0.285 e. The molecule has 0 saturated heterocycles. The lowest BCUT2D eigenvalue weighted by molar-refractivity contribution is 0.0732. The third-order valence-corrected chi connectivity index (χ3v) is 5.50. The summed E-state index contributed by atoms with van der Waals surface area (Å²) in [6.07, 6.45) is 6.07. The van der Waals surface area contributed by atoms with Crippen molar-refractivity contribution >= 4 is 28.7 Å². The number of nitrogens with zero attached hydrogens (tertiary/aromatic N) is 5. The first kappa shape index (κ1) is 17.7. The molecule has 1 aliphatic heterocycles. The average molecular weight is 404 g/mol. The Hall–Kier alpha value is -3.38. The second kappa shape index (κ2) is 6.90. The maximum Gasteiger partial charge on any atom is 0.292 e. The first-order valence-corrected chi connectivity index (χ1v) is 9.72. The van der Waals surface area contributed by atoms with E-state index in [0.717, 1.165) is 28.8 Å². The van der Waals surface area contributed by atoms with Crippen LogP contribution in [0.1, 0.15) is 16.1 Å². The Bertz CT molecular complexity index is 1220. The average Bonchev–Trinajstić information content (AvgIpc) is 3.17. The second-order valence-electron chi connectivity index (χ2n) is 7.03. The fourth-order valence-electron chi connectivity index (χ4n) is 3.77. The van der Waals surface area contributed by atoms with Crippen LogP contribution in [0.3, 0.4) is 0 Å². The molecule has 0 N–H and O–H groups in total. The third kappa shape index (κ3) is 3.11. The molecule has 29 heavy (non-hydrogen) atoms. The number of halogens is 1. The maximum absolute atomic E-state index is 13.1. The maximum atomic E-state index is 13.1. The van der Waals surface area contributed by atoms with Gasteiger partial charge in [-0.3, -0.25) is 14.8 Å². The zero-order valence-electron chi connectivity index (χ0n) is 15.8. The predicted molar refractivity (Wildman–Crippen MR) is 113 cm³/mol. The predicted octanol–water partition coefficient (Wildman–Crippen LogP) is 4.10. The number of carbonyl (C=O) groups excluding carboxylic acids is 1. The van der Waals surface area contributed by atoms with E-state index in [9.17, 15) is 4.79 Å². The summed E-state index contributed by atoms with van der Waals surface area (Å²) in [6.45, 7) is 0.594. The van der Waals surface area contributed by atoms with Gasteiger partial charge in [0.1, 0.15) is 0 Å². The van der Waals surface area contributed by atoms with Crippen molar-refractivity contribution in [2.24, 2.45) is 0 Å². The molecule has 1 amide bonds. The van der Waals surface area contributed by atoms with Gasteiger partial charge in [0, 0.05) is 32.2 Å². The minimum atomic E-state index is -0.129. The minimum absolute atomic E-state index is 0.129. The lowest BCUT2D eigenvalue weighted by Crippen LogP contribution is -2.48. The summed E-state index contributed by atoms with van der Waals surface area (Å²) in [4.78, 5) is 17.2. The van der Waals surface area contributed by atoms with E-state index in [1.807, 2.05) is 30.3 Å². The zero-order chi connectivity index (χ0) is 20.0. The summed E-state index contributed by atoms with van der Waals surface area (Å²) in [7, 11) is 1.91. The molecule has 4 heterocycles. The van der Waals surface area contributed by atoms with Gasteiger partial charge in [-0.25, -0.2) is 9.52 Å². The van der Waals surface area contributed by atoms with E-state index >= 15 is 0 Å². The van der Waals surface area contributed by atoms with E-state index in [1.165, 1.54) is 5.56 Å². The molecular weight excluding hydrogens is 386 g/mol.